The summed E-state index contributed by atoms with van der Waals surface area (Å²) in [4.78, 5) is 0.426. The van der Waals surface area contributed by atoms with Crippen LogP contribution < -0.4 is 10.5 Å². The summed E-state index contributed by atoms with van der Waals surface area (Å²) in [7, 11) is -3.50. The SMILES string of the molecule is CC1CCC(NS(=O)(=O)c2cccc(C(N)=S)c2)CC1. The van der Waals surface area contributed by atoms with Crippen LogP contribution in [0.1, 0.15) is 38.2 Å². The van der Waals surface area contributed by atoms with Crippen molar-refractivity contribution in [1.82, 2.24) is 4.72 Å². The average Bonchev–Trinajstić information content (AvgIpc) is 2.41. The first-order chi connectivity index (χ1) is 9.38. The third kappa shape index (κ3) is 3.77. The molecule has 0 unspecified atom stereocenters. The van der Waals surface area contributed by atoms with Crippen LogP contribution in [0.3, 0.4) is 0 Å². The number of nitrogens with one attached hydrogen (secondary N) is 1. The van der Waals surface area contributed by atoms with Gasteiger partial charge in [0.25, 0.3) is 0 Å². The standard InChI is InChI=1S/C14H20N2O2S2/c1-10-5-7-12(8-6-10)16-20(17,18)13-4-2-3-11(9-13)14(15)19/h2-4,9-10,12,16H,5-8H2,1H3,(H2,15,19). The molecule has 3 N–H and O–H groups in total. The maximum Gasteiger partial charge on any atom is 0.240 e. The molecule has 0 bridgehead atoms. The zero-order valence-electron chi connectivity index (χ0n) is 11.5. The molecule has 2 rings (SSSR count). The Morgan fingerprint density at radius 3 is 2.55 bits per heavy atom. The summed E-state index contributed by atoms with van der Waals surface area (Å²) in [5, 5.41) is 0. The second kappa shape index (κ2) is 6.20. The lowest BCUT2D eigenvalue weighted by atomic mass is 9.88. The van der Waals surface area contributed by atoms with Gasteiger partial charge in [-0.1, -0.05) is 31.3 Å². The molecule has 1 aromatic rings. The number of thiocarbonyl (C=S) groups is 1. The molecule has 0 amide bonds. The van der Waals surface area contributed by atoms with E-state index >= 15 is 0 Å². The summed E-state index contributed by atoms with van der Waals surface area (Å²) in [6.45, 7) is 2.20. The number of nitrogens with two attached hydrogens (primary N) is 1. The van der Waals surface area contributed by atoms with Gasteiger partial charge in [0, 0.05) is 11.6 Å². The fraction of sp³-hybridized carbons (Fsp3) is 0.500. The first-order valence-electron chi connectivity index (χ1n) is 6.80. The van der Waals surface area contributed by atoms with Crippen LogP contribution in [-0.4, -0.2) is 19.4 Å². The van der Waals surface area contributed by atoms with Crippen molar-refractivity contribution in [3.8, 4) is 0 Å². The molecule has 1 aliphatic carbocycles. The topological polar surface area (TPSA) is 72.2 Å². The van der Waals surface area contributed by atoms with Gasteiger partial charge in [0.1, 0.15) is 4.99 Å². The Kier molecular flexibility index (Phi) is 4.78. The molecule has 0 aliphatic heterocycles. The van der Waals surface area contributed by atoms with Gasteiger partial charge in [-0.15, -0.1) is 0 Å². The van der Waals surface area contributed by atoms with Crippen molar-refractivity contribution >= 4 is 27.2 Å². The van der Waals surface area contributed by atoms with Gasteiger partial charge in [0.2, 0.25) is 10.0 Å². The largest absolute Gasteiger partial charge is 0.389 e. The van der Waals surface area contributed by atoms with Gasteiger partial charge in [0.05, 0.1) is 4.90 Å². The van der Waals surface area contributed by atoms with Gasteiger partial charge < -0.3 is 5.73 Å². The molecular weight excluding hydrogens is 292 g/mol. The van der Waals surface area contributed by atoms with Gasteiger partial charge in [-0.25, -0.2) is 13.1 Å². The third-order valence-electron chi connectivity index (χ3n) is 3.77. The molecule has 6 heteroatoms. The molecule has 1 aliphatic rings. The summed E-state index contributed by atoms with van der Waals surface area (Å²) < 4.78 is 27.5. The number of sulfonamides is 1. The van der Waals surface area contributed by atoms with Crippen LogP contribution in [0.5, 0.6) is 0 Å². The third-order valence-corrected chi connectivity index (χ3v) is 5.52. The lowest BCUT2D eigenvalue weighted by Gasteiger charge is -2.26. The van der Waals surface area contributed by atoms with Crippen LogP contribution >= 0.6 is 12.2 Å². The van der Waals surface area contributed by atoms with Crippen molar-refractivity contribution in [2.24, 2.45) is 11.7 Å². The monoisotopic (exact) mass is 312 g/mol. The maximum absolute atomic E-state index is 12.4. The van der Waals surface area contributed by atoms with Gasteiger partial charge in [-0.05, 0) is 43.7 Å². The fourth-order valence-corrected chi connectivity index (χ4v) is 3.96. The van der Waals surface area contributed by atoms with E-state index in [9.17, 15) is 8.42 Å². The molecule has 1 saturated carbocycles. The van der Waals surface area contributed by atoms with E-state index in [1.54, 1.807) is 18.2 Å². The highest BCUT2D eigenvalue weighted by atomic mass is 32.2. The molecule has 110 valence electrons. The van der Waals surface area contributed by atoms with Gasteiger partial charge >= 0.3 is 0 Å². The minimum atomic E-state index is -3.50. The highest BCUT2D eigenvalue weighted by Gasteiger charge is 2.24. The Bertz CT molecular complexity index is 591. The Labute approximate surface area is 125 Å². The highest BCUT2D eigenvalue weighted by Crippen LogP contribution is 2.24. The Balaban J connectivity index is 2.14. The van der Waals surface area contributed by atoms with Crippen LogP contribution in [0, 0.1) is 5.92 Å². The predicted octanol–water partition coefficient (Wildman–Crippen LogP) is 2.18. The van der Waals surface area contributed by atoms with E-state index < -0.39 is 10.0 Å². The number of hydrogen-bond donors (Lipinski definition) is 2. The Morgan fingerprint density at radius 1 is 1.30 bits per heavy atom. The van der Waals surface area contributed by atoms with Crippen molar-refractivity contribution in [2.75, 3.05) is 0 Å². The second-order valence-corrected chi connectivity index (χ2v) is 7.62. The molecule has 1 fully saturated rings. The van der Waals surface area contributed by atoms with E-state index in [1.165, 1.54) is 6.07 Å². The zero-order chi connectivity index (χ0) is 14.8. The second-order valence-electron chi connectivity index (χ2n) is 5.47. The summed E-state index contributed by atoms with van der Waals surface area (Å²) in [6, 6.07) is 6.49. The maximum atomic E-state index is 12.4. The highest BCUT2D eigenvalue weighted by molar-refractivity contribution is 7.89. The van der Waals surface area contributed by atoms with E-state index in [4.69, 9.17) is 18.0 Å². The normalized spacial score (nSPS) is 23.4. The van der Waals surface area contributed by atoms with E-state index in [0.29, 0.717) is 11.5 Å². The van der Waals surface area contributed by atoms with E-state index in [1.807, 2.05) is 0 Å². The molecule has 0 spiro atoms. The van der Waals surface area contributed by atoms with Crippen LogP contribution in [0.15, 0.2) is 29.2 Å². The minimum Gasteiger partial charge on any atom is -0.389 e. The Morgan fingerprint density at radius 2 is 1.95 bits per heavy atom. The van der Waals surface area contributed by atoms with Crippen LogP contribution in [0.25, 0.3) is 0 Å². The number of hydrogen-bond acceptors (Lipinski definition) is 3. The molecular formula is C14H20N2O2S2. The molecule has 0 atom stereocenters. The van der Waals surface area contributed by atoms with Gasteiger partial charge in [0.15, 0.2) is 0 Å². The van der Waals surface area contributed by atoms with Gasteiger partial charge in [-0.3, -0.25) is 0 Å². The minimum absolute atomic E-state index is 0.0321. The lowest BCUT2D eigenvalue weighted by Crippen LogP contribution is -2.37. The van der Waals surface area contributed by atoms with Crippen LogP contribution in [0.4, 0.5) is 0 Å². The van der Waals surface area contributed by atoms with Crippen LogP contribution in [0.2, 0.25) is 0 Å². The first-order valence-corrected chi connectivity index (χ1v) is 8.70. The summed E-state index contributed by atoms with van der Waals surface area (Å²) in [5.41, 5.74) is 6.11. The lowest BCUT2D eigenvalue weighted by molar-refractivity contribution is 0.332. The first kappa shape index (κ1) is 15.4. The smallest absolute Gasteiger partial charge is 0.240 e. The van der Waals surface area contributed by atoms with Gasteiger partial charge in [-0.2, -0.15) is 0 Å². The van der Waals surface area contributed by atoms with E-state index in [2.05, 4.69) is 11.6 Å². The summed E-state index contributed by atoms with van der Waals surface area (Å²) >= 11 is 4.88. The van der Waals surface area contributed by atoms with Crippen molar-refractivity contribution in [3.05, 3.63) is 29.8 Å². The zero-order valence-corrected chi connectivity index (χ0v) is 13.1. The van der Waals surface area contributed by atoms with E-state index in [0.717, 1.165) is 25.7 Å². The van der Waals surface area contributed by atoms with Crippen LogP contribution in [-0.2, 0) is 10.0 Å². The number of rotatable bonds is 4. The van der Waals surface area contributed by atoms with Crippen molar-refractivity contribution in [3.63, 3.8) is 0 Å². The van der Waals surface area contributed by atoms with Crippen molar-refractivity contribution in [2.45, 2.75) is 43.5 Å². The molecule has 0 heterocycles. The fourth-order valence-electron chi connectivity index (χ4n) is 2.48. The average molecular weight is 312 g/mol. The van der Waals surface area contributed by atoms with Crippen molar-refractivity contribution < 1.29 is 8.42 Å². The molecule has 1 aromatic carbocycles. The molecule has 0 saturated heterocycles. The predicted molar refractivity (Wildman–Crippen MR) is 84.1 cm³/mol. The molecule has 20 heavy (non-hydrogen) atoms. The van der Waals surface area contributed by atoms with Crippen molar-refractivity contribution in [1.29, 1.82) is 0 Å². The number of benzene rings is 1. The molecule has 0 radical (unpaired) electrons. The quantitative estimate of drug-likeness (QED) is 0.836. The summed E-state index contributed by atoms with van der Waals surface area (Å²) in [5.74, 6) is 0.689. The summed E-state index contributed by atoms with van der Waals surface area (Å²) in [6.07, 6.45) is 3.94. The molecule has 4 nitrogen and oxygen atoms in total. The van der Waals surface area contributed by atoms with E-state index in [-0.39, 0.29) is 15.9 Å². The Hall–Kier alpha value is -0.980. The molecule has 0 aromatic heterocycles.